The van der Waals surface area contributed by atoms with Crippen molar-refractivity contribution >= 4 is 29.4 Å². The van der Waals surface area contributed by atoms with Crippen LogP contribution < -0.4 is 15.8 Å². The number of nitrogen functional groups attached to an aromatic ring is 1. The molecular formula is C19H24N4O2S. The Hall–Kier alpha value is -2.25. The number of carbonyl (C=O) groups is 1. The first-order valence-corrected chi connectivity index (χ1v) is 9.80. The van der Waals surface area contributed by atoms with Crippen LogP contribution >= 0.6 is 11.9 Å². The Bertz CT molecular complexity index is 776. The number of ketones is 1. The summed E-state index contributed by atoms with van der Waals surface area (Å²) in [6.45, 7) is 2.11. The SMILES string of the molecule is COc1ccccc1C(=O)c1ccc(NC2CCN(SC)CC2)nc1N. The fraction of sp³-hybridized carbons (Fsp3) is 0.368. The highest BCUT2D eigenvalue weighted by Crippen LogP contribution is 2.25. The van der Waals surface area contributed by atoms with Gasteiger partial charge in [-0.15, -0.1) is 0 Å². The van der Waals surface area contributed by atoms with Gasteiger partial charge in [-0.2, -0.15) is 0 Å². The predicted octanol–water partition coefficient (Wildman–Crippen LogP) is 3.06. The van der Waals surface area contributed by atoms with E-state index in [0.717, 1.165) is 25.9 Å². The van der Waals surface area contributed by atoms with Gasteiger partial charge in [0.2, 0.25) is 0 Å². The van der Waals surface area contributed by atoms with E-state index in [1.165, 1.54) is 0 Å². The fourth-order valence-electron chi connectivity index (χ4n) is 3.12. The van der Waals surface area contributed by atoms with E-state index < -0.39 is 0 Å². The van der Waals surface area contributed by atoms with Gasteiger partial charge >= 0.3 is 0 Å². The van der Waals surface area contributed by atoms with Crippen molar-refractivity contribution in [3.8, 4) is 5.75 Å². The molecular weight excluding hydrogens is 348 g/mol. The monoisotopic (exact) mass is 372 g/mol. The third-order valence-electron chi connectivity index (χ3n) is 4.59. The van der Waals surface area contributed by atoms with Gasteiger partial charge in [0.1, 0.15) is 17.4 Å². The Kier molecular flexibility index (Phi) is 6.00. The first-order chi connectivity index (χ1) is 12.6. The lowest BCUT2D eigenvalue weighted by atomic mass is 10.0. The summed E-state index contributed by atoms with van der Waals surface area (Å²) in [4.78, 5) is 17.2. The zero-order chi connectivity index (χ0) is 18.5. The molecule has 1 saturated heterocycles. The molecule has 6 nitrogen and oxygen atoms in total. The number of piperidine rings is 1. The highest BCUT2D eigenvalue weighted by atomic mass is 32.2. The molecule has 138 valence electrons. The number of nitrogens with two attached hydrogens (primary N) is 1. The lowest BCUT2D eigenvalue weighted by molar-refractivity contribution is 0.103. The van der Waals surface area contributed by atoms with E-state index in [1.54, 1.807) is 43.3 Å². The lowest BCUT2D eigenvalue weighted by Gasteiger charge is -2.30. The molecule has 0 aliphatic carbocycles. The molecule has 2 heterocycles. The summed E-state index contributed by atoms with van der Waals surface area (Å²) in [6.07, 6.45) is 4.22. The van der Waals surface area contributed by atoms with Crippen LogP contribution in [-0.4, -0.2) is 47.6 Å². The topological polar surface area (TPSA) is 80.5 Å². The van der Waals surface area contributed by atoms with Crippen LogP contribution in [0.1, 0.15) is 28.8 Å². The average Bonchev–Trinajstić information content (AvgIpc) is 2.68. The number of nitrogens with one attached hydrogen (secondary N) is 1. The molecule has 3 rings (SSSR count). The number of pyridine rings is 1. The number of rotatable bonds is 6. The third kappa shape index (κ3) is 4.11. The zero-order valence-corrected chi connectivity index (χ0v) is 15.9. The number of para-hydroxylation sites is 1. The van der Waals surface area contributed by atoms with E-state index >= 15 is 0 Å². The first kappa shape index (κ1) is 18.5. The second kappa shape index (κ2) is 8.42. The molecule has 3 N–H and O–H groups in total. The van der Waals surface area contributed by atoms with Crippen molar-refractivity contribution < 1.29 is 9.53 Å². The van der Waals surface area contributed by atoms with Crippen LogP contribution in [0, 0.1) is 0 Å². The minimum Gasteiger partial charge on any atom is -0.496 e. The van der Waals surface area contributed by atoms with Crippen molar-refractivity contribution in [2.24, 2.45) is 0 Å². The summed E-state index contributed by atoms with van der Waals surface area (Å²) in [7, 11) is 1.54. The number of aromatic nitrogens is 1. The predicted molar refractivity (Wildman–Crippen MR) is 107 cm³/mol. The van der Waals surface area contributed by atoms with Gasteiger partial charge in [0.25, 0.3) is 0 Å². The molecule has 1 aromatic carbocycles. The summed E-state index contributed by atoms with van der Waals surface area (Å²) in [6, 6.07) is 11.0. The van der Waals surface area contributed by atoms with Crippen LogP contribution in [0.2, 0.25) is 0 Å². The number of ether oxygens (including phenoxy) is 1. The van der Waals surface area contributed by atoms with Gasteiger partial charge in [-0.1, -0.05) is 24.1 Å². The molecule has 0 saturated carbocycles. The molecule has 1 aliphatic rings. The Balaban J connectivity index is 1.72. The number of hydrogen-bond acceptors (Lipinski definition) is 7. The van der Waals surface area contributed by atoms with Crippen molar-refractivity contribution in [1.29, 1.82) is 0 Å². The van der Waals surface area contributed by atoms with Crippen LogP contribution in [0.25, 0.3) is 0 Å². The van der Waals surface area contributed by atoms with Gasteiger partial charge < -0.3 is 15.8 Å². The van der Waals surface area contributed by atoms with Gasteiger partial charge in [-0.3, -0.25) is 9.10 Å². The van der Waals surface area contributed by atoms with Crippen LogP contribution in [0.5, 0.6) is 5.75 Å². The molecule has 0 spiro atoms. The zero-order valence-electron chi connectivity index (χ0n) is 15.1. The van der Waals surface area contributed by atoms with Crippen molar-refractivity contribution in [2.75, 3.05) is 37.5 Å². The van der Waals surface area contributed by atoms with Gasteiger partial charge in [-0.05, 0) is 43.4 Å². The van der Waals surface area contributed by atoms with Crippen LogP contribution in [-0.2, 0) is 0 Å². The van der Waals surface area contributed by atoms with Gasteiger partial charge in [-0.25, -0.2) is 4.98 Å². The van der Waals surface area contributed by atoms with E-state index in [0.29, 0.717) is 28.7 Å². The maximum Gasteiger partial charge on any atom is 0.200 e. The average molecular weight is 372 g/mol. The summed E-state index contributed by atoms with van der Waals surface area (Å²) in [5.74, 6) is 1.28. The number of methoxy groups -OCH3 is 1. The largest absolute Gasteiger partial charge is 0.496 e. The number of carbonyl (C=O) groups excluding carboxylic acids is 1. The second-order valence-corrected chi connectivity index (χ2v) is 7.07. The Labute approximate surface area is 158 Å². The van der Waals surface area contributed by atoms with Crippen molar-refractivity contribution in [3.05, 3.63) is 47.5 Å². The summed E-state index contributed by atoms with van der Waals surface area (Å²) < 4.78 is 7.63. The molecule has 0 amide bonds. The molecule has 1 aromatic heterocycles. The molecule has 7 heteroatoms. The number of hydrogen-bond donors (Lipinski definition) is 2. The molecule has 0 unspecified atom stereocenters. The molecule has 1 fully saturated rings. The Morgan fingerprint density at radius 2 is 1.96 bits per heavy atom. The number of benzene rings is 1. The standard InChI is InChI=1S/C19H24N4O2S/c1-25-16-6-4-3-5-14(16)18(24)15-7-8-17(22-19(15)20)21-13-9-11-23(26-2)12-10-13/h3-8,13H,9-12H2,1-2H3,(H3,20,21,22). The maximum atomic E-state index is 12.8. The fourth-order valence-corrected chi connectivity index (χ4v) is 3.69. The number of nitrogens with zero attached hydrogens (tertiary/aromatic N) is 2. The van der Waals surface area contributed by atoms with Gasteiger partial charge in [0, 0.05) is 19.1 Å². The molecule has 26 heavy (non-hydrogen) atoms. The van der Waals surface area contributed by atoms with E-state index in [-0.39, 0.29) is 11.6 Å². The molecule has 2 aromatic rings. The van der Waals surface area contributed by atoms with Crippen LogP contribution in [0.15, 0.2) is 36.4 Å². The number of anilines is 2. The summed E-state index contributed by atoms with van der Waals surface area (Å²) >= 11 is 1.78. The Morgan fingerprint density at radius 1 is 1.23 bits per heavy atom. The van der Waals surface area contributed by atoms with Crippen molar-refractivity contribution in [1.82, 2.24) is 9.29 Å². The minimum absolute atomic E-state index is 0.188. The summed E-state index contributed by atoms with van der Waals surface area (Å²) in [5, 5.41) is 3.43. The van der Waals surface area contributed by atoms with Crippen molar-refractivity contribution in [2.45, 2.75) is 18.9 Å². The quantitative estimate of drug-likeness (QED) is 0.596. The van der Waals surface area contributed by atoms with E-state index in [2.05, 4.69) is 20.9 Å². The third-order valence-corrected chi connectivity index (χ3v) is 5.47. The van der Waals surface area contributed by atoms with Gasteiger partial charge in [0.15, 0.2) is 5.78 Å². The van der Waals surface area contributed by atoms with E-state index in [1.807, 2.05) is 12.1 Å². The van der Waals surface area contributed by atoms with E-state index in [4.69, 9.17) is 10.5 Å². The maximum absolute atomic E-state index is 12.8. The van der Waals surface area contributed by atoms with Crippen molar-refractivity contribution in [3.63, 3.8) is 0 Å². The van der Waals surface area contributed by atoms with E-state index in [9.17, 15) is 4.79 Å². The van der Waals surface area contributed by atoms with Gasteiger partial charge in [0.05, 0.1) is 18.2 Å². The minimum atomic E-state index is -0.188. The Morgan fingerprint density at radius 3 is 2.62 bits per heavy atom. The highest BCUT2D eigenvalue weighted by Gasteiger charge is 2.20. The van der Waals surface area contributed by atoms with Crippen LogP contribution in [0.3, 0.4) is 0 Å². The molecule has 0 radical (unpaired) electrons. The van der Waals surface area contributed by atoms with Crippen LogP contribution in [0.4, 0.5) is 11.6 Å². The molecule has 1 aliphatic heterocycles. The summed E-state index contributed by atoms with van der Waals surface area (Å²) in [5.41, 5.74) is 6.94. The first-order valence-electron chi connectivity index (χ1n) is 8.62. The molecule has 0 bridgehead atoms. The highest BCUT2D eigenvalue weighted by molar-refractivity contribution is 7.96. The molecule has 0 atom stereocenters. The lowest BCUT2D eigenvalue weighted by Crippen LogP contribution is -2.35. The second-order valence-electron chi connectivity index (χ2n) is 6.19. The smallest absolute Gasteiger partial charge is 0.200 e. The normalized spacial score (nSPS) is 15.6.